The van der Waals surface area contributed by atoms with Crippen molar-refractivity contribution in [3.8, 4) is 11.5 Å². The summed E-state index contributed by atoms with van der Waals surface area (Å²) in [6, 6.07) is 11.7. The predicted molar refractivity (Wildman–Crippen MR) is 99.2 cm³/mol. The van der Waals surface area contributed by atoms with Gasteiger partial charge < -0.3 is 25.4 Å². The van der Waals surface area contributed by atoms with E-state index in [2.05, 4.69) is 9.98 Å². The number of aliphatic imine (C=N–C) groups is 2. The number of nitrogens with two attached hydrogens (primary N) is 2. The van der Waals surface area contributed by atoms with Crippen LogP contribution in [0.2, 0.25) is 0 Å². The molecule has 3 aromatic rings. The third-order valence-electron chi connectivity index (χ3n) is 4.59. The summed E-state index contributed by atoms with van der Waals surface area (Å²) in [5.74, 6) is 1.31. The number of nitrogens with zero attached hydrogens (tertiary/aromatic N) is 2. The predicted octanol–water partition coefficient (Wildman–Crippen LogP) is 1.64. The van der Waals surface area contributed by atoms with Gasteiger partial charge in [0.25, 0.3) is 0 Å². The third kappa shape index (κ3) is 2.34. The highest BCUT2D eigenvalue weighted by atomic mass is 16.7. The van der Waals surface area contributed by atoms with Gasteiger partial charge in [0.05, 0.1) is 5.56 Å². The summed E-state index contributed by atoms with van der Waals surface area (Å²) in [5, 5.41) is 0.670. The SMILES string of the molecule is NC1=NC(c2ccc3c(c2)OCO3)c2c(c3ccccc3oc2=O)C(N)=N1. The Labute approximate surface area is 152 Å². The van der Waals surface area contributed by atoms with Crippen LogP contribution in [0.15, 0.2) is 61.7 Å². The summed E-state index contributed by atoms with van der Waals surface area (Å²) in [6.45, 7) is 0.147. The van der Waals surface area contributed by atoms with Crippen molar-refractivity contribution in [2.45, 2.75) is 6.04 Å². The second-order valence-corrected chi connectivity index (χ2v) is 6.17. The normalized spacial score (nSPS) is 17.9. The number of ether oxygens (including phenoxy) is 2. The lowest BCUT2D eigenvalue weighted by Gasteiger charge is -2.15. The lowest BCUT2D eigenvalue weighted by atomic mass is 9.93. The molecule has 5 rings (SSSR count). The molecule has 1 unspecified atom stereocenters. The van der Waals surface area contributed by atoms with Crippen LogP contribution in [0.3, 0.4) is 0 Å². The van der Waals surface area contributed by atoms with Crippen LogP contribution >= 0.6 is 0 Å². The van der Waals surface area contributed by atoms with Gasteiger partial charge in [0.2, 0.25) is 12.8 Å². The van der Waals surface area contributed by atoms with Crippen LogP contribution in [0.4, 0.5) is 0 Å². The molecule has 2 aliphatic rings. The van der Waals surface area contributed by atoms with Gasteiger partial charge in [0.1, 0.15) is 17.5 Å². The number of benzene rings is 2. The molecule has 4 N–H and O–H groups in total. The van der Waals surface area contributed by atoms with E-state index < -0.39 is 11.7 Å². The lowest BCUT2D eigenvalue weighted by Crippen LogP contribution is -2.23. The van der Waals surface area contributed by atoms with Crippen molar-refractivity contribution in [2.24, 2.45) is 21.5 Å². The first-order valence-electron chi connectivity index (χ1n) is 8.25. The first-order valence-corrected chi connectivity index (χ1v) is 8.25. The number of guanidine groups is 1. The third-order valence-corrected chi connectivity index (χ3v) is 4.59. The van der Waals surface area contributed by atoms with Gasteiger partial charge in [-0.25, -0.2) is 9.79 Å². The number of rotatable bonds is 1. The summed E-state index contributed by atoms with van der Waals surface area (Å²) >= 11 is 0. The average Bonchev–Trinajstić information content (AvgIpc) is 3.07. The van der Waals surface area contributed by atoms with E-state index in [1.807, 2.05) is 12.1 Å². The Hall–Kier alpha value is -3.81. The highest BCUT2D eigenvalue weighted by Crippen LogP contribution is 2.38. The fourth-order valence-corrected chi connectivity index (χ4v) is 3.42. The fourth-order valence-electron chi connectivity index (χ4n) is 3.42. The van der Waals surface area contributed by atoms with Crippen molar-refractivity contribution >= 4 is 22.8 Å². The fraction of sp³-hybridized carbons (Fsp3) is 0.105. The molecule has 0 spiro atoms. The molecule has 0 saturated carbocycles. The van der Waals surface area contributed by atoms with Crippen LogP contribution in [-0.2, 0) is 0 Å². The molecule has 0 bridgehead atoms. The van der Waals surface area contributed by atoms with Gasteiger partial charge in [-0.2, -0.15) is 4.99 Å². The highest BCUT2D eigenvalue weighted by Gasteiger charge is 2.29. The quantitative estimate of drug-likeness (QED) is 0.634. The van der Waals surface area contributed by atoms with Crippen molar-refractivity contribution in [1.82, 2.24) is 0 Å². The molecule has 1 aromatic heterocycles. The maximum Gasteiger partial charge on any atom is 0.342 e. The Balaban J connectivity index is 1.82. The monoisotopic (exact) mass is 362 g/mol. The van der Waals surface area contributed by atoms with E-state index >= 15 is 0 Å². The summed E-state index contributed by atoms with van der Waals surface area (Å²) in [7, 11) is 0. The van der Waals surface area contributed by atoms with Crippen LogP contribution in [0.1, 0.15) is 22.7 Å². The standard InChI is InChI=1S/C19H14N4O4/c20-17-14-10-3-1-2-4-11(10)27-18(24)15(14)16(22-19(21)23-17)9-5-6-12-13(7-9)26-8-25-12/h1-7,16H,8H2,(H4,20,21,22,23). The zero-order chi connectivity index (χ0) is 18.5. The van der Waals surface area contributed by atoms with E-state index in [0.717, 1.165) is 0 Å². The van der Waals surface area contributed by atoms with Crippen molar-refractivity contribution in [2.75, 3.05) is 6.79 Å². The molecule has 0 saturated heterocycles. The van der Waals surface area contributed by atoms with Gasteiger partial charge in [-0.15, -0.1) is 0 Å². The molecular weight excluding hydrogens is 348 g/mol. The van der Waals surface area contributed by atoms with Gasteiger partial charge >= 0.3 is 5.63 Å². The van der Waals surface area contributed by atoms with Crippen molar-refractivity contribution < 1.29 is 13.9 Å². The molecule has 8 heteroatoms. The molecule has 134 valence electrons. The van der Waals surface area contributed by atoms with E-state index in [1.54, 1.807) is 30.3 Å². The maximum atomic E-state index is 12.9. The zero-order valence-electron chi connectivity index (χ0n) is 14.0. The zero-order valence-corrected chi connectivity index (χ0v) is 14.0. The molecular formula is C19H14N4O4. The number of para-hydroxylation sites is 1. The van der Waals surface area contributed by atoms with Gasteiger partial charge in [0.15, 0.2) is 11.5 Å². The second kappa shape index (κ2) is 5.60. The van der Waals surface area contributed by atoms with E-state index in [-0.39, 0.29) is 24.2 Å². The van der Waals surface area contributed by atoms with Gasteiger partial charge in [-0.05, 0) is 23.8 Å². The minimum atomic E-state index is -0.736. The minimum absolute atomic E-state index is 0.0187. The Morgan fingerprint density at radius 1 is 1.04 bits per heavy atom. The van der Waals surface area contributed by atoms with Crippen molar-refractivity contribution in [1.29, 1.82) is 0 Å². The molecule has 2 aromatic carbocycles. The summed E-state index contributed by atoms with van der Waals surface area (Å²) in [4.78, 5) is 21.4. The van der Waals surface area contributed by atoms with Gasteiger partial charge in [0, 0.05) is 10.9 Å². The van der Waals surface area contributed by atoms with E-state index in [9.17, 15) is 4.79 Å². The molecule has 0 amide bonds. The first-order chi connectivity index (χ1) is 13.1. The molecule has 3 heterocycles. The van der Waals surface area contributed by atoms with E-state index in [1.165, 1.54) is 0 Å². The molecule has 0 fully saturated rings. The van der Waals surface area contributed by atoms with Crippen LogP contribution in [0, 0.1) is 0 Å². The highest BCUT2D eigenvalue weighted by molar-refractivity contribution is 6.13. The van der Waals surface area contributed by atoms with Crippen molar-refractivity contribution in [3.05, 3.63) is 69.6 Å². The maximum absolute atomic E-state index is 12.9. The van der Waals surface area contributed by atoms with Crippen LogP contribution < -0.4 is 26.6 Å². The smallest absolute Gasteiger partial charge is 0.342 e. The summed E-state index contributed by atoms with van der Waals surface area (Å²) < 4.78 is 16.3. The average molecular weight is 362 g/mol. The molecule has 0 radical (unpaired) electrons. The largest absolute Gasteiger partial charge is 0.454 e. The molecule has 1 atom stereocenters. The van der Waals surface area contributed by atoms with Crippen LogP contribution in [0.5, 0.6) is 11.5 Å². The lowest BCUT2D eigenvalue weighted by molar-refractivity contribution is 0.174. The number of fused-ring (bicyclic) bond motifs is 4. The number of hydrogen-bond donors (Lipinski definition) is 2. The molecule has 8 nitrogen and oxygen atoms in total. The topological polar surface area (TPSA) is 125 Å². The first kappa shape index (κ1) is 15.4. The second-order valence-electron chi connectivity index (χ2n) is 6.17. The number of hydrogen-bond acceptors (Lipinski definition) is 8. The molecule has 2 aliphatic heterocycles. The minimum Gasteiger partial charge on any atom is -0.454 e. The Morgan fingerprint density at radius 2 is 1.85 bits per heavy atom. The Morgan fingerprint density at radius 3 is 2.74 bits per heavy atom. The number of amidine groups is 1. The van der Waals surface area contributed by atoms with Crippen LogP contribution in [0.25, 0.3) is 11.0 Å². The van der Waals surface area contributed by atoms with E-state index in [4.69, 9.17) is 25.4 Å². The summed E-state index contributed by atoms with van der Waals surface area (Å²) in [6.07, 6.45) is 0. The van der Waals surface area contributed by atoms with Crippen molar-refractivity contribution in [3.63, 3.8) is 0 Å². The van der Waals surface area contributed by atoms with Gasteiger partial charge in [-0.1, -0.05) is 24.3 Å². The Bertz CT molecular complexity index is 1210. The molecule has 0 aliphatic carbocycles. The van der Waals surface area contributed by atoms with Crippen LogP contribution in [-0.4, -0.2) is 18.6 Å². The van der Waals surface area contributed by atoms with E-state index in [0.29, 0.717) is 33.6 Å². The van der Waals surface area contributed by atoms with Gasteiger partial charge in [-0.3, -0.25) is 0 Å². The molecule has 27 heavy (non-hydrogen) atoms. The summed E-state index contributed by atoms with van der Waals surface area (Å²) in [5.41, 5.74) is 13.4. The Kier molecular flexibility index (Phi) is 3.20.